The molecule has 0 aromatic carbocycles. The third-order valence-corrected chi connectivity index (χ3v) is 7.51. The third kappa shape index (κ3) is 11.8. The largest absolute Gasteiger partial charge is 0.472 e. The Labute approximate surface area is 235 Å². The molecule has 0 amide bonds. The van der Waals surface area contributed by atoms with Crippen LogP contribution in [0.4, 0.5) is 4.39 Å². The van der Waals surface area contributed by atoms with Crippen LogP contribution < -0.4 is 11.2 Å². The molecule has 2 rings (SSSR count). The van der Waals surface area contributed by atoms with Gasteiger partial charge in [0.05, 0.1) is 13.2 Å². The first-order valence-corrected chi connectivity index (χ1v) is 15.5. The Kier molecular flexibility index (Phi) is 15.0. The molecule has 0 saturated carbocycles. The summed E-state index contributed by atoms with van der Waals surface area (Å²) in [4.78, 5) is 35.2. The summed E-state index contributed by atoms with van der Waals surface area (Å²) in [7, 11) is -4.46. The normalized spacial score (nSPS) is 25.0. The highest BCUT2D eigenvalue weighted by Gasteiger charge is 2.55. The van der Waals surface area contributed by atoms with Gasteiger partial charge in [0.25, 0.3) is 5.56 Å². The number of alkyl halides is 1. The molecule has 1 fully saturated rings. The maximum absolute atomic E-state index is 15.2. The Bertz CT molecular complexity index is 1130. The van der Waals surface area contributed by atoms with E-state index in [0.29, 0.717) is 6.42 Å². The summed E-state index contributed by atoms with van der Waals surface area (Å²) in [5.41, 5.74) is -4.02. The Morgan fingerprint density at radius 3 is 2.35 bits per heavy atom. The molecule has 0 radical (unpaired) electrons. The second-order valence-corrected chi connectivity index (χ2v) is 11.4. The van der Waals surface area contributed by atoms with Crippen molar-refractivity contribution in [3.63, 3.8) is 0 Å². The number of phosphoric acid groups is 1. The van der Waals surface area contributed by atoms with E-state index in [1.165, 1.54) is 0 Å². The Balaban J connectivity index is 1.57. The van der Waals surface area contributed by atoms with E-state index in [4.69, 9.17) is 13.8 Å². The van der Waals surface area contributed by atoms with Crippen molar-refractivity contribution in [3.8, 4) is 0 Å². The first-order chi connectivity index (χ1) is 19.1. The summed E-state index contributed by atoms with van der Waals surface area (Å²) >= 11 is 0. The van der Waals surface area contributed by atoms with Gasteiger partial charge in [0.1, 0.15) is 12.2 Å². The van der Waals surface area contributed by atoms with E-state index in [1.807, 2.05) is 4.98 Å². The number of aliphatic hydroxyl groups is 1. The number of nitrogens with one attached hydrogen (secondary N) is 1. The van der Waals surface area contributed by atoms with E-state index >= 15 is 4.39 Å². The molecule has 226 valence electrons. The minimum absolute atomic E-state index is 0.0164. The molecule has 0 spiro atoms. The molecule has 1 aromatic heterocycles. The second-order valence-electron chi connectivity index (χ2n) is 9.94. The van der Waals surface area contributed by atoms with Gasteiger partial charge in [0.2, 0.25) is 0 Å². The van der Waals surface area contributed by atoms with Gasteiger partial charge >= 0.3 is 13.5 Å². The first-order valence-electron chi connectivity index (χ1n) is 14.0. The van der Waals surface area contributed by atoms with Crippen molar-refractivity contribution in [1.29, 1.82) is 0 Å². The lowest BCUT2D eigenvalue weighted by atomic mass is 9.98. The van der Waals surface area contributed by atoms with Crippen LogP contribution in [0.2, 0.25) is 0 Å². The zero-order valence-electron chi connectivity index (χ0n) is 23.5. The fourth-order valence-corrected chi connectivity index (χ4v) is 5.01. The monoisotopic (exact) mass is 586 g/mol. The van der Waals surface area contributed by atoms with Crippen molar-refractivity contribution >= 4 is 7.82 Å². The summed E-state index contributed by atoms with van der Waals surface area (Å²) in [6.45, 7) is 2.53. The van der Waals surface area contributed by atoms with Crippen LogP contribution in [0.5, 0.6) is 0 Å². The van der Waals surface area contributed by atoms with Gasteiger partial charge in [-0.15, -0.1) is 0 Å². The fourth-order valence-electron chi connectivity index (χ4n) is 4.25. The maximum Gasteiger partial charge on any atom is 0.472 e. The van der Waals surface area contributed by atoms with Crippen molar-refractivity contribution in [2.24, 2.45) is 0 Å². The van der Waals surface area contributed by atoms with E-state index in [-0.39, 0.29) is 6.61 Å². The molecule has 1 aliphatic heterocycles. The highest BCUT2D eigenvalue weighted by Crippen LogP contribution is 2.46. The lowest BCUT2D eigenvalue weighted by Gasteiger charge is -2.24. The molecule has 3 N–H and O–H groups in total. The summed E-state index contributed by atoms with van der Waals surface area (Å²) in [6.07, 6.45) is 19.3. The zero-order chi connectivity index (χ0) is 29.4. The predicted molar refractivity (Wildman–Crippen MR) is 152 cm³/mol. The number of rotatable bonds is 19. The molecular weight excluding hydrogens is 542 g/mol. The lowest BCUT2D eigenvalue weighted by Crippen LogP contribution is -2.43. The van der Waals surface area contributed by atoms with E-state index in [0.717, 1.165) is 81.5 Å². The Hall–Kier alpha value is -2.14. The highest BCUT2D eigenvalue weighted by atomic mass is 31.2. The number of hydrogen-bond donors (Lipinski definition) is 3. The van der Waals surface area contributed by atoms with E-state index in [9.17, 15) is 24.2 Å². The number of phosphoric ester groups is 1. The molecule has 5 atom stereocenters. The van der Waals surface area contributed by atoms with Crippen molar-refractivity contribution in [3.05, 3.63) is 69.6 Å². The summed E-state index contributed by atoms with van der Waals surface area (Å²) in [6, 6.07) is 1.01. The number of allylic oxidation sites excluding steroid dienone is 6. The van der Waals surface area contributed by atoms with Gasteiger partial charge in [-0.2, -0.15) is 0 Å². The van der Waals surface area contributed by atoms with Gasteiger partial charge < -0.3 is 14.7 Å². The number of aliphatic hydroxyl groups excluding tert-OH is 1. The number of nitrogens with zero attached hydrogens (tertiary/aromatic N) is 1. The topological polar surface area (TPSA) is 140 Å². The van der Waals surface area contributed by atoms with E-state index < -0.39 is 49.8 Å². The number of aromatic amines is 1. The molecule has 1 saturated heterocycles. The van der Waals surface area contributed by atoms with Crippen LogP contribution in [0.25, 0.3) is 0 Å². The van der Waals surface area contributed by atoms with Crippen LogP contribution in [-0.2, 0) is 18.3 Å². The number of halogens is 1. The summed E-state index contributed by atoms with van der Waals surface area (Å²) in [5.74, 6) is 0. The van der Waals surface area contributed by atoms with Gasteiger partial charge in [-0.05, 0) is 45.4 Å². The summed E-state index contributed by atoms with van der Waals surface area (Å²) in [5, 5.41) is 10.3. The minimum atomic E-state index is -4.46. The molecule has 0 aliphatic carbocycles. The van der Waals surface area contributed by atoms with Gasteiger partial charge in [0.15, 0.2) is 11.9 Å². The number of H-pyrrole nitrogens is 1. The van der Waals surface area contributed by atoms with Crippen LogP contribution in [0, 0.1) is 0 Å². The SMILES string of the molecule is CC/C=C\C/C=C\C/C=C\CCCCCCCCOP(=O)(O)OC[C@H]1O[C@@H](n2ccc(=O)[nH]c2=O)[C@](C)(F)C1O. The number of aromatic nitrogens is 2. The van der Waals surface area contributed by atoms with E-state index in [2.05, 4.69) is 43.4 Å². The molecule has 1 aromatic rings. The van der Waals surface area contributed by atoms with Crippen molar-refractivity contribution < 1.29 is 32.7 Å². The zero-order valence-corrected chi connectivity index (χ0v) is 24.3. The summed E-state index contributed by atoms with van der Waals surface area (Å²) < 4.78 is 43.5. The molecule has 0 bridgehead atoms. The maximum atomic E-state index is 15.2. The van der Waals surface area contributed by atoms with Crippen molar-refractivity contribution in [2.45, 2.75) is 102 Å². The second kappa shape index (κ2) is 17.6. The number of unbranched alkanes of at least 4 members (excludes halogenated alkanes) is 6. The molecular formula is C28H44FN2O8P. The number of ether oxygens (including phenoxy) is 1. The average molecular weight is 587 g/mol. The van der Waals surface area contributed by atoms with E-state index in [1.54, 1.807) is 0 Å². The van der Waals surface area contributed by atoms with Crippen LogP contribution in [0.15, 0.2) is 58.3 Å². The lowest BCUT2D eigenvalue weighted by molar-refractivity contribution is -0.0612. The quantitative estimate of drug-likeness (QED) is 0.114. The van der Waals surface area contributed by atoms with Gasteiger partial charge in [0, 0.05) is 12.3 Å². The Morgan fingerprint density at radius 2 is 1.68 bits per heavy atom. The van der Waals surface area contributed by atoms with Crippen LogP contribution in [0.1, 0.15) is 84.3 Å². The molecule has 40 heavy (non-hydrogen) atoms. The minimum Gasteiger partial charge on any atom is -0.387 e. The van der Waals surface area contributed by atoms with Crippen molar-refractivity contribution in [1.82, 2.24) is 9.55 Å². The molecule has 12 heteroatoms. The van der Waals surface area contributed by atoms with Crippen LogP contribution in [-0.4, -0.2) is 50.6 Å². The number of hydrogen-bond acceptors (Lipinski definition) is 7. The third-order valence-electron chi connectivity index (χ3n) is 6.52. The smallest absolute Gasteiger partial charge is 0.387 e. The van der Waals surface area contributed by atoms with Crippen LogP contribution in [0.3, 0.4) is 0 Å². The highest BCUT2D eigenvalue weighted by molar-refractivity contribution is 7.47. The standard InChI is InChI=1S/C28H44FN2O8P/c1-3-4-5-6-7-8-9-10-11-12-13-14-15-16-17-18-21-37-40(35,36)38-22-23-25(33)28(2,29)26(39-23)31-20-19-24(32)30-27(31)34/h4-5,7-8,10-11,19-20,23,25-26,33H,3,6,9,12-18,21-22H2,1-2H3,(H,35,36)(H,30,32,34)/b5-4-,8-7-,11-10-/t23-,25?,26-,28-/m1/s1. The molecule has 2 heterocycles. The van der Waals surface area contributed by atoms with Gasteiger partial charge in [-0.25, -0.2) is 13.8 Å². The van der Waals surface area contributed by atoms with Gasteiger partial charge in [-0.1, -0.05) is 69.1 Å². The Morgan fingerprint density at radius 1 is 1.05 bits per heavy atom. The molecule has 1 aliphatic rings. The predicted octanol–water partition coefficient (Wildman–Crippen LogP) is 5.25. The average Bonchev–Trinajstić information content (AvgIpc) is 3.12. The van der Waals surface area contributed by atoms with Crippen molar-refractivity contribution in [2.75, 3.05) is 13.2 Å². The van der Waals surface area contributed by atoms with Crippen LogP contribution >= 0.6 is 7.82 Å². The van der Waals surface area contributed by atoms with Gasteiger partial charge in [-0.3, -0.25) is 23.4 Å². The fraction of sp³-hybridized carbons (Fsp3) is 0.643. The molecule has 2 unspecified atom stereocenters. The first kappa shape index (κ1) is 34.1. The molecule has 10 nitrogen and oxygen atoms in total.